The van der Waals surface area contributed by atoms with Gasteiger partial charge in [-0.2, -0.15) is 4.31 Å². The molecule has 1 amide bonds. The van der Waals surface area contributed by atoms with Gasteiger partial charge in [-0.25, -0.2) is 8.42 Å². The normalized spacial score (nSPS) is 19.4. The summed E-state index contributed by atoms with van der Waals surface area (Å²) in [5.74, 6) is 0.563. The Morgan fingerprint density at radius 1 is 0.971 bits per heavy atom. The number of hydrogen-bond acceptors (Lipinski definition) is 5. The second kappa shape index (κ2) is 9.54. The van der Waals surface area contributed by atoms with Gasteiger partial charge in [-0.1, -0.05) is 29.8 Å². The first-order chi connectivity index (χ1) is 16.4. The molecule has 34 heavy (non-hydrogen) atoms. The quantitative estimate of drug-likeness (QED) is 0.582. The number of carbonyl (C=O) groups excluding carboxylic acids is 1. The first-order valence-corrected chi connectivity index (χ1v) is 13.2. The zero-order valence-electron chi connectivity index (χ0n) is 18.6. The molecule has 3 aromatic carbocycles. The maximum Gasteiger partial charge on any atom is 0.254 e. The average molecular weight is 500 g/mol. The van der Waals surface area contributed by atoms with Gasteiger partial charge in [0.1, 0.15) is 11.9 Å². The molecule has 3 aromatic rings. The van der Waals surface area contributed by atoms with E-state index in [-0.39, 0.29) is 30.0 Å². The molecule has 7 nitrogen and oxygen atoms in total. The van der Waals surface area contributed by atoms with Gasteiger partial charge in [0.05, 0.1) is 4.90 Å². The lowest BCUT2D eigenvalue weighted by molar-refractivity contribution is 0.0697. The Morgan fingerprint density at radius 2 is 1.74 bits per heavy atom. The average Bonchev–Trinajstić information content (AvgIpc) is 3.36. The van der Waals surface area contributed by atoms with E-state index in [1.807, 2.05) is 24.3 Å². The van der Waals surface area contributed by atoms with Crippen LogP contribution in [0.3, 0.4) is 0 Å². The smallest absolute Gasteiger partial charge is 0.254 e. The van der Waals surface area contributed by atoms with E-state index in [1.54, 1.807) is 41.3 Å². The minimum atomic E-state index is -3.66. The van der Waals surface area contributed by atoms with Gasteiger partial charge < -0.3 is 15.0 Å². The number of carbonyl (C=O) groups is 1. The number of benzene rings is 3. The predicted molar refractivity (Wildman–Crippen MR) is 132 cm³/mol. The zero-order chi connectivity index (χ0) is 23.7. The molecule has 2 aliphatic heterocycles. The third kappa shape index (κ3) is 4.77. The fourth-order valence-electron chi connectivity index (χ4n) is 4.44. The highest BCUT2D eigenvalue weighted by Crippen LogP contribution is 2.26. The molecule has 0 spiro atoms. The van der Waals surface area contributed by atoms with E-state index in [0.29, 0.717) is 29.4 Å². The summed E-state index contributed by atoms with van der Waals surface area (Å²) in [5, 5.41) is 5.57. The van der Waals surface area contributed by atoms with Crippen LogP contribution < -0.4 is 10.1 Å². The maximum absolute atomic E-state index is 13.2. The highest BCUT2D eigenvalue weighted by molar-refractivity contribution is 7.89. The molecular weight excluding hydrogens is 474 g/mol. The molecule has 2 saturated heterocycles. The minimum absolute atomic E-state index is 0.116. The summed E-state index contributed by atoms with van der Waals surface area (Å²) in [7, 11) is -3.66. The van der Waals surface area contributed by atoms with Gasteiger partial charge in [-0.05, 0) is 66.2 Å². The van der Waals surface area contributed by atoms with E-state index in [4.69, 9.17) is 16.3 Å². The monoisotopic (exact) mass is 499 g/mol. The third-order valence-electron chi connectivity index (χ3n) is 6.34. The number of nitrogens with one attached hydrogen (secondary N) is 1. The van der Waals surface area contributed by atoms with Crippen LogP contribution in [-0.4, -0.2) is 68.9 Å². The Morgan fingerprint density at radius 3 is 2.50 bits per heavy atom. The Bertz CT molecular complexity index is 1320. The number of sulfonamides is 1. The molecule has 1 N–H and O–H groups in total. The molecule has 0 unspecified atom stereocenters. The van der Waals surface area contributed by atoms with Crippen LogP contribution in [0.1, 0.15) is 16.8 Å². The van der Waals surface area contributed by atoms with Crippen LogP contribution in [0.2, 0.25) is 5.02 Å². The molecule has 2 heterocycles. The number of hydrogen-bond donors (Lipinski definition) is 1. The summed E-state index contributed by atoms with van der Waals surface area (Å²) >= 11 is 6.03. The number of piperazine rings is 1. The van der Waals surface area contributed by atoms with Gasteiger partial charge in [0.25, 0.3) is 5.91 Å². The number of nitrogens with zero attached hydrogens (tertiary/aromatic N) is 2. The van der Waals surface area contributed by atoms with Gasteiger partial charge in [-0.3, -0.25) is 4.79 Å². The van der Waals surface area contributed by atoms with Crippen LogP contribution in [0.15, 0.2) is 65.6 Å². The Labute approximate surface area is 204 Å². The van der Waals surface area contributed by atoms with Gasteiger partial charge >= 0.3 is 0 Å². The van der Waals surface area contributed by atoms with Crippen LogP contribution in [0.5, 0.6) is 5.75 Å². The van der Waals surface area contributed by atoms with E-state index in [9.17, 15) is 13.2 Å². The molecule has 1 atom stereocenters. The standard InChI is InChI=1S/C25H26ClN3O4S/c26-21-6-4-19-16-24(7-5-18(19)14-21)34(31,32)29-12-10-28(11-13-29)25(30)20-2-1-3-22(15-20)33-23-8-9-27-17-23/h1-7,14-16,23,27H,8-13,17H2/t23-/m0/s1. The first kappa shape index (κ1) is 23.1. The topological polar surface area (TPSA) is 79.0 Å². The Kier molecular flexibility index (Phi) is 6.48. The summed E-state index contributed by atoms with van der Waals surface area (Å²) in [4.78, 5) is 15.0. The predicted octanol–water partition coefficient (Wildman–Crippen LogP) is 3.38. The van der Waals surface area contributed by atoms with E-state index in [0.717, 1.165) is 30.3 Å². The summed E-state index contributed by atoms with van der Waals surface area (Å²) in [6, 6.07) is 17.6. The van der Waals surface area contributed by atoms with Crippen LogP contribution in [0.25, 0.3) is 10.8 Å². The molecule has 0 aliphatic carbocycles. The number of rotatable bonds is 5. The van der Waals surface area contributed by atoms with Crippen molar-refractivity contribution in [2.24, 2.45) is 0 Å². The molecule has 2 fully saturated rings. The minimum Gasteiger partial charge on any atom is -0.489 e. The van der Waals surface area contributed by atoms with Crippen molar-refractivity contribution in [1.29, 1.82) is 0 Å². The van der Waals surface area contributed by atoms with Crippen molar-refractivity contribution >= 4 is 38.3 Å². The number of ether oxygens (including phenoxy) is 1. The van der Waals surface area contributed by atoms with Crippen molar-refractivity contribution in [3.8, 4) is 5.75 Å². The molecule has 2 aliphatic rings. The van der Waals surface area contributed by atoms with Crippen LogP contribution in [0.4, 0.5) is 0 Å². The van der Waals surface area contributed by atoms with Crippen molar-refractivity contribution in [2.75, 3.05) is 39.3 Å². The number of amides is 1. The lowest BCUT2D eigenvalue weighted by atomic mass is 10.1. The summed E-state index contributed by atoms with van der Waals surface area (Å²) < 4.78 is 33.9. The molecule has 0 aromatic heterocycles. The van der Waals surface area contributed by atoms with Gasteiger partial charge in [0, 0.05) is 43.3 Å². The molecule has 0 bridgehead atoms. The first-order valence-electron chi connectivity index (χ1n) is 11.4. The summed E-state index contributed by atoms with van der Waals surface area (Å²) in [6.45, 7) is 2.90. The molecule has 9 heteroatoms. The van der Waals surface area contributed by atoms with E-state index >= 15 is 0 Å². The van der Waals surface area contributed by atoms with Gasteiger partial charge in [-0.15, -0.1) is 0 Å². The molecule has 5 rings (SSSR count). The Hall–Kier alpha value is -2.65. The highest BCUT2D eigenvalue weighted by Gasteiger charge is 2.30. The van der Waals surface area contributed by atoms with E-state index in [2.05, 4.69) is 5.32 Å². The molecule has 0 saturated carbocycles. The lowest BCUT2D eigenvalue weighted by Crippen LogP contribution is -2.50. The van der Waals surface area contributed by atoms with Crippen LogP contribution in [0, 0.1) is 0 Å². The van der Waals surface area contributed by atoms with Gasteiger partial charge in [0.2, 0.25) is 10.0 Å². The van der Waals surface area contributed by atoms with E-state index in [1.165, 1.54) is 4.31 Å². The van der Waals surface area contributed by atoms with Crippen molar-refractivity contribution in [3.63, 3.8) is 0 Å². The zero-order valence-corrected chi connectivity index (χ0v) is 20.2. The summed E-state index contributed by atoms with van der Waals surface area (Å²) in [6.07, 6.45) is 1.06. The van der Waals surface area contributed by atoms with Crippen LogP contribution >= 0.6 is 11.6 Å². The maximum atomic E-state index is 13.2. The molecule has 178 valence electrons. The lowest BCUT2D eigenvalue weighted by Gasteiger charge is -2.34. The van der Waals surface area contributed by atoms with Gasteiger partial charge in [0.15, 0.2) is 0 Å². The van der Waals surface area contributed by atoms with Crippen LogP contribution in [-0.2, 0) is 10.0 Å². The SMILES string of the molecule is O=C(c1cccc(O[C@H]2CCNC2)c1)N1CCN(S(=O)(=O)c2ccc3cc(Cl)ccc3c2)CC1. The Balaban J connectivity index is 1.25. The van der Waals surface area contributed by atoms with Crippen molar-refractivity contribution in [1.82, 2.24) is 14.5 Å². The second-order valence-corrected chi connectivity index (χ2v) is 11.0. The fraction of sp³-hybridized carbons (Fsp3) is 0.320. The highest BCUT2D eigenvalue weighted by atomic mass is 35.5. The molecule has 0 radical (unpaired) electrons. The van der Waals surface area contributed by atoms with Crippen molar-refractivity contribution in [2.45, 2.75) is 17.4 Å². The third-order valence-corrected chi connectivity index (χ3v) is 8.47. The second-order valence-electron chi connectivity index (χ2n) is 8.61. The number of halogens is 1. The summed E-state index contributed by atoms with van der Waals surface area (Å²) in [5.41, 5.74) is 0.549. The van der Waals surface area contributed by atoms with Crippen molar-refractivity contribution < 1.29 is 17.9 Å². The number of fused-ring (bicyclic) bond motifs is 1. The fourth-order valence-corrected chi connectivity index (χ4v) is 6.08. The molecular formula is C25H26ClN3O4S. The largest absolute Gasteiger partial charge is 0.489 e. The van der Waals surface area contributed by atoms with E-state index < -0.39 is 10.0 Å². The van der Waals surface area contributed by atoms with Crippen molar-refractivity contribution in [3.05, 3.63) is 71.2 Å².